The molecule has 0 bridgehead atoms. The van der Waals surface area contributed by atoms with Gasteiger partial charge in [-0.1, -0.05) is 67.4 Å². The van der Waals surface area contributed by atoms with Crippen LogP contribution in [0.4, 0.5) is 5.69 Å². The Bertz CT molecular complexity index is 1050. The molecule has 5 nitrogen and oxygen atoms in total. The standard InChI is InChI=1S/C21H24ClN3O2.C6H5Cl.C2H6/c22-20-15-19(27-14-13-26)5-6-21(20)25-11-9-24(10-12-25)8-7-17-1-3-18(16-23)4-2-17;7-6-4-2-1-3-5-6;1-2/h1-6,15,26H,7-14H2;1-5H;1-2H3. The van der Waals surface area contributed by atoms with Crippen LogP contribution in [0.1, 0.15) is 25.0 Å². The quantitative estimate of drug-likeness (QED) is 0.389. The first-order valence-corrected chi connectivity index (χ1v) is 13.0. The minimum Gasteiger partial charge on any atom is -0.491 e. The van der Waals surface area contributed by atoms with Crippen LogP contribution in [0, 0.1) is 11.3 Å². The monoisotopic (exact) mass is 527 g/mol. The number of hydrogen-bond acceptors (Lipinski definition) is 5. The molecule has 0 aliphatic carbocycles. The van der Waals surface area contributed by atoms with Crippen LogP contribution < -0.4 is 9.64 Å². The molecule has 3 aromatic carbocycles. The normalized spacial score (nSPS) is 12.9. The van der Waals surface area contributed by atoms with Crippen LogP contribution in [0.25, 0.3) is 0 Å². The predicted octanol–water partition coefficient (Wildman–Crippen LogP) is 6.31. The molecule has 0 unspecified atom stereocenters. The van der Waals surface area contributed by atoms with Crippen molar-refractivity contribution in [1.82, 2.24) is 4.90 Å². The van der Waals surface area contributed by atoms with Crippen LogP contribution in [-0.4, -0.2) is 55.9 Å². The Labute approximate surface area is 225 Å². The van der Waals surface area contributed by atoms with Gasteiger partial charge in [0.2, 0.25) is 0 Å². The van der Waals surface area contributed by atoms with Gasteiger partial charge in [0.05, 0.1) is 28.9 Å². The van der Waals surface area contributed by atoms with E-state index in [-0.39, 0.29) is 13.2 Å². The van der Waals surface area contributed by atoms with E-state index in [4.69, 9.17) is 38.3 Å². The lowest BCUT2D eigenvalue weighted by molar-refractivity contribution is 0.201. The summed E-state index contributed by atoms with van der Waals surface area (Å²) < 4.78 is 5.40. The largest absolute Gasteiger partial charge is 0.491 e. The van der Waals surface area contributed by atoms with Gasteiger partial charge in [0.15, 0.2) is 0 Å². The number of hydrogen-bond donors (Lipinski definition) is 1. The zero-order valence-corrected chi connectivity index (χ0v) is 22.5. The third kappa shape index (κ3) is 10.1. The number of nitrogens with zero attached hydrogens (tertiary/aromatic N) is 3. The molecule has 1 N–H and O–H groups in total. The number of ether oxygens (including phenoxy) is 1. The number of rotatable bonds is 7. The number of halogens is 2. The molecule has 4 rings (SSSR count). The molecule has 7 heteroatoms. The maximum Gasteiger partial charge on any atom is 0.121 e. The molecule has 1 aliphatic rings. The zero-order chi connectivity index (χ0) is 26.2. The number of anilines is 1. The van der Waals surface area contributed by atoms with Crippen molar-refractivity contribution in [2.45, 2.75) is 20.3 Å². The molecule has 0 spiro atoms. The first-order valence-electron chi connectivity index (χ1n) is 12.3. The van der Waals surface area contributed by atoms with Crippen LogP contribution in [0.5, 0.6) is 5.75 Å². The first kappa shape index (κ1) is 29.5. The Morgan fingerprint density at radius 3 is 2.11 bits per heavy atom. The molecule has 36 heavy (non-hydrogen) atoms. The van der Waals surface area contributed by atoms with Gasteiger partial charge >= 0.3 is 0 Å². The molecule has 1 fully saturated rings. The van der Waals surface area contributed by atoms with Gasteiger partial charge in [0.25, 0.3) is 0 Å². The predicted molar refractivity (Wildman–Crippen MR) is 150 cm³/mol. The molecule has 0 amide bonds. The van der Waals surface area contributed by atoms with E-state index in [2.05, 4.69) is 15.9 Å². The fourth-order valence-electron chi connectivity index (χ4n) is 3.66. The minimum absolute atomic E-state index is 0.0101. The Hall–Kier alpha value is -2.75. The van der Waals surface area contributed by atoms with Crippen molar-refractivity contribution in [3.05, 3.63) is 94.0 Å². The molecule has 0 atom stereocenters. The summed E-state index contributed by atoms with van der Waals surface area (Å²) in [7, 11) is 0. The average molecular weight is 529 g/mol. The Morgan fingerprint density at radius 2 is 1.58 bits per heavy atom. The summed E-state index contributed by atoms with van der Waals surface area (Å²) in [5, 5.41) is 19.2. The van der Waals surface area contributed by atoms with E-state index in [1.165, 1.54) is 5.56 Å². The van der Waals surface area contributed by atoms with E-state index < -0.39 is 0 Å². The highest BCUT2D eigenvalue weighted by Crippen LogP contribution is 2.30. The van der Waals surface area contributed by atoms with Gasteiger partial charge in [-0.15, -0.1) is 0 Å². The summed E-state index contributed by atoms with van der Waals surface area (Å²) in [6.45, 7) is 9.14. The maximum absolute atomic E-state index is 8.86. The molecule has 192 valence electrons. The highest BCUT2D eigenvalue weighted by molar-refractivity contribution is 6.33. The number of nitriles is 1. The molecular formula is C29H35Cl2N3O2. The number of piperazine rings is 1. The van der Waals surface area contributed by atoms with Gasteiger partial charge in [-0.2, -0.15) is 5.26 Å². The highest BCUT2D eigenvalue weighted by atomic mass is 35.5. The molecule has 1 saturated heterocycles. The summed E-state index contributed by atoms with van der Waals surface area (Å²) >= 11 is 12.0. The molecule has 0 aromatic heterocycles. The van der Waals surface area contributed by atoms with Gasteiger partial charge in [0, 0.05) is 43.8 Å². The smallest absolute Gasteiger partial charge is 0.121 e. The Morgan fingerprint density at radius 1 is 0.917 bits per heavy atom. The first-order chi connectivity index (χ1) is 17.6. The highest BCUT2D eigenvalue weighted by Gasteiger charge is 2.19. The van der Waals surface area contributed by atoms with Gasteiger partial charge in [-0.3, -0.25) is 4.90 Å². The van der Waals surface area contributed by atoms with Crippen molar-refractivity contribution < 1.29 is 9.84 Å². The summed E-state index contributed by atoms with van der Waals surface area (Å²) in [4.78, 5) is 4.76. The number of benzene rings is 3. The summed E-state index contributed by atoms with van der Waals surface area (Å²) in [5.74, 6) is 0.679. The second-order valence-electron chi connectivity index (χ2n) is 7.87. The molecule has 0 saturated carbocycles. The van der Waals surface area contributed by atoms with Crippen molar-refractivity contribution in [1.29, 1.82) is 5.26 Å². The van der Waals surface area contributed by atoms with Crippen molar-refractivity contribution in [3.63, 3.8) is 0 Å². The summed E-state index contributed by atoms with van der Waals surface area (Å²) in [5.41, 5.74) is 3.00. The number of aliphatic hydroxyl groups is 1. The number of aliphatic hydroxyl groups excluding tert-OH is 1. The minimum atomic E-state index is -0.0101. The lowest BCUT2D eigenvalue weighted by Crippen LogP contribution is -2.47. The van der Waals surface area contributed by atoms with Crippen LogP contribution in [0.15, 0.2) is 72.8 Å². The van der Waals surface area contributed by atoms with Crippen molar-refractivity contribution >= 4 is 28.9 Å². The fourth-order valence-corrected chi connectivity index (χ4v) is 4.09. The third-order valence-electron chi connectivity index (χ3n) is 5.52. The van der Waals surface area contributed by atoms with E-state index in [0.29, 0.717) is 16.3 Å². The van der Waals surface area contributed by atoms with Crippen molar-refractivity contribution in [2.24, 2.45) is 0 Å². The van der Waals surface area contributed by atoms with Crippen LogP contribution >= 0.6 is 23.2 Å². The average Bonchev–Trinajstić information content (AvgIpc) is 2.93. The second kappa shape index (κ2) is 16.8. The van der Waals surface area contributed by atoms with E-state index in [9.17, 15) is 0 Å². The van der Waals surface area contributed by atoms with Gasteiger partial charge in [-0.05, 0) is 48.4 Å². The van der Waals surface area contributed by atoms with E-state index in [1.807, 2.05) is 86.6 Å². The summed E-state index contributed by atoms with van der Waals surface area (Å²) in [6, 6.07) is 25.1. The SMILES string of the molecule is CC.Clc1ccccc1.N#Cc1ccc(CCN2CCN(c3ccc(OCCO)cc3Cl)CC2)cc1. The molecule has 3 aromatic rings. The molecule has 1 aliphatic heterocycles. The van der Waals surface area contributed by atoms with Crippen LogP contribution in [-0.2, 0) is 6.42 Å². The third-order valence-corrected chi connectivity index (χ3v) is 6.08. The maximum atomic E-state index is 8.86. The Kier molecular flexibility index (Phi) is 13.8. The molecule has 0 radical (unpaired) electrons. The van der Waals surface area contributed by atoms with E-state index in [0.717, 1.165) is 49.9 Å². The van der Waals surface area contributed by atoms with E-state index >= 15 is 0 Å². The summed E-state index contributed by atoms with van der Waals surface area (Å²) in [6.07, 6.45) is 0.989. The van der Waals surface area contributed by atoms with Crippen molar-refractivity contribution in [2.75, 3.05) is 50.8 Å². The van der Waals surface area contributed by atoms with Crippen LogP contribution in [0.3, 0.4) is 0 Å². The second-order valence-corrected chi connectivity index (χ2v) is 8.71. The van der Waals surface area contributed by atoms with Crippen molar-refractivity contribution in [3.8, 4) is 11.8 Å². The zero-order valence-electron chi connectivity index (χ0n) is 21.0. The molecule has 1 heterocycles. The van der Waals surface area contributed by atoms with Gasteiger partial charge < -0.3 is 14.7 Å². The van der Waals surface area contributed by atoms with E-state index in [1.54, 1.807) is 0 Å². The van der Waals surface area contributed by atoms with Gasteiger partial charge in [-0.25, -0.2) is 0 Å². The Balaban J connectivity index is 0.000000431. The van der Waals surface area contributed by atoms with Gasteiger partial charge in [0.1, 0.15) is 12.4 Å². The van der Waals surface area contributed by atoms with Crippen LogP contribution in [0.2, 0.25) is 10.0 Å². The lowest BCUT2D eigenvalue weighted by Gasteiger charge is -2.36. The molecular weight excluding hydrogens is 493 g/mol. The topological polar surface area (TPSA) is 59.7 Å². The fraction of sp³-hybridized carbons (Fsp3) is 0.345. The lowest BCUT2D eigenvalue weighted by atomic mass is 10.1.